The first kappa shape index (κ1) is 18.2. The second-order valence-corrected chi connectivity index (χ2v) is 7.04. The number of fused-ring (bicyclic) bond motifs is 1. The fourth-order valence-electron chi connectivity index (χ4n) is 3.42. The molecule has 1 aliphatic rings. The van der Waals surface area contributed by atoms with Gasteiger partial charge in [0.15, 0.2) is 0 Å². The molecule has 6 heteroatoms. The molecule has 1 aliphatic heterocycles. The molecular weight excluding hydrogens is 328 g/mol. The zero-order chi connectivity index (χ0) is 18.7. The molecule has 2 heterocycles. The molecule has 1 N–H and O–H groups in total. The SMILES string of the molecule is C=CC(=O)NC(C)c1nc2ccccc2n1CC(=O)N1CCC(C)CC1. The zero-order valence-electron chi connectivity index (χ0n) is 15.4. The number of piperidine rings is 1. The van der Waals surface area contributed by atoms with Crippen LogP contribution in [0.1, 0.15) is 38.6 Å². The average Bonchev–Trinajstić information content (AvgIpc) is 3.01. The summed E-state index contributed by atoms with van der Waals surface area (Å²) in [6.07, 6.45) is 3.34. The van der Waals surface area contributed by atoms with Crippen LogP contribution in [0.4, 0.5) is 0 Å². The van der Waals surface area contributed by atoms with E-state index in [1.54, 1.807) is 0 Å². The largest absolute Gasteiger partial charge is 0.343 e. The lowest BCUT2D eigenvalue weighted by molar-refractivity contribution is -0.133. The highest BCUT2D eigenvalue weighted by atomic mass is 16.2. The highest BCUT2D eigenvalue weighted by Gasteiger charge is 2.24. The Labute approximate surface area is 153 Å². The van der Waals surface area contributed by atoms with Crippen LogP contribution in [0, 0.1) is 5.92 Å². The van der Waals surface area contributed by atoms with Crippen LogP contribution in [0.25, 0.3) is 11.0 Å². The Kier molecular flexibility index (Phi) is 5.40. The summed E-state index contributed by atoms with van der Waals surface area (Å²) in [7, 11) is 0. The molecule has 1 saturated heterocycles. The molecule has 1 atom stereocenters. The third-order valence-electron chi connectivity index (χ3n) is 5.05. The maximum atomic E-state index is 12.8. The van der Waals surface area contributed by atoms with Gasteiger partial charge in [0, 0.05) is 13.1 Å². The summed E-state index contributed by atoms with van der Waals surface area (Å²) in [5.74, 6) is 1.20. The van der Waals surface area contributed by atoms with Crippen molar-refractivity contribution in [3.63, 3.8) is 0 Å². The number of para-hydroxylation sites is 2. The molecule has 2 amide bonds. The summed E-state index contributed by atoms with van der Waals surface area (Å²) in [4.78, 5) is 31.1. The van der Waals surface area contributed by atoms with Crippen molar-refractivity contribution in [1.29, 1.82) is 0 Å². The molecule has 1 unspecified atom stereocenters. The van der Waals surface area contributed by atoms with Crippen LogP contribution in [0.3, 0.4) is 0 Å². The summed E-state index contributed by atoms with van der Waals surface area (Å²) in [5.41, 5.74) is 1.73. The molecule has 0 radical (unpaired) electrons. The lowest BCUT2D eigenvalue weighted by Gasteiger charge is -2.30. The zero-order valence-corrected chi connectivity index (χ0v) is 15.4. The van der Waals surface area contributed by atoms with E-state index >= 15 is 0 Å². The highest BCUT2D eigenvalue weighted by Crippen LogP contribution is 2.22. The van der Waals surface area contributed by atoms with E-state index in [4.69, 9.17) is 0 Å². The minimum atomic E-state index is -0.318. The van der Waals surface area contributed by atoms with Crippen LogP contribution in [-0.2, 0) is 16.1 Å². The monoisotopic (exact) mass is 354 g/mol. The normalized spacial score (nSPS) is 16.5. The number of imidazole rings is 1. The number of carbonyl (C=O) groups is 2. The Bertz CT molecular complexity index is 818. The highest BCUT2D eigenvalue weighted by molar-refractivity contribution is 5.87. The Morgan fingerprint density at radius 1 is 1.35 bits per heavy atom. The van der Waals surface area contributed by atoms with E-state index in [1.807, 2.05) is 40.7 Å². The Morgan fingerprint density at radius 3 is 2.73 bits per heavy atom. The van der Waals surface area contributed by atoms with Gasteiger partial charge < -0.3 is 14.8 Å². The fourth-order valence-corrected chi connectivity index (χ4v) is 3.42. The second-order valence-electron chi connectivity index (χ2n) is 7.04. The quantitative estimate of drug-likeness (QED) is 0.840. The lowest BCUT2D eigenvalue weighted by Crippen LogP contribution is -2.40. The number of hydrogen-bond donors (Lipinski definition) is 1. The molecule has 3 rings (SSSR count). The fraction of sp³-hybridized carbons (Fsp3) is 0.450. The number of likely N-dealkylation sites (tertiary alicyclic amines) is 1. The molecule has 0 spiro atoms. The van der Waals surface area contributed by atoms with Crippen molar-refractivity contribution in [3.8, 4) is 0 Å². The first-order valence-electron chi connectivity index (χ1n) is 9.15. The van der Waals surface area contributed by atoms with Gasteiger partial charge in [-0.3, -0.25) is 9.59 Å². The van der Waals surface area contributed by atoms with E-state index < -0.39 is 0 Å². The van der Waals surface area contributed by atoms with Gasteiger partial charge >= 0.3 is 0 Å². The number of hydrogen-bond acceptors (Lipinski definition) is 3. The van der Waals surface area contributed by atoms with E-state index in [1.165, 1.54) is 6.08 Å². The molecule has 0 bridgehead atoms. The average molecular weight is 354 g/mol. The summed E-state index contributed by atoms with van der Waals surface area (Å²) < 4.78 is 1.92. The van der Waals surface area contributed by atoms with E-state index in [2.05, 4.69) is 23.8 Å². The Morgan fingerprint density at radius 2 is 2.04 bits per heavy atom. The third kappa shape index (κ3) is 3.79. The van der Waals surface area contributed by atoms with Crippen molar-refractivity contribution < 1.29 is 9.59 Å². The first-order chi connectivity index (χ1) is 12.5. The van der Waals surface area contributed by atoms with Crippen LogP contribution < -0.4 is 5.32 Å². The number of nitrogens with zero attached hydrogens (tertiary/aromatic N) is 3. The van der Waals surface area contributed by atoms with Crippen molar-refractivity contribution in [2.45, 2.75) is 39.3 Å². The molecule has 26 heavy (non-hydrogen) atoms. The molecule has 2 aromatic rings. The van der Waals surface area contributed by atoms with E-state index in [-0.39, 0.29) is 24.4 Å². The van der Waals surface area contributed by atoms with Gasteiger partial charge in [0.05, 0.1) is 17.1 Å². The van der Waals surface area contributed by atoms with Crippen LogP contribution in [0.15, 0.2) is 36.9 Å². The summed E-state index contributed by atoms with van der Waals surface area (Å²) in [6, 6.07) is 7.42. The number of nitrogens with one attached hydrogen (secondary N) is 1. The van der Waals surface area contributed by atoms with E-state index in [9.17, 15) is 9.59 Å². The van der Waals surface area contributed by atoms with Gasteiger partial charge in [-0.05, 0) is 43.9 Å². The Balaban J connectivity index is 1.87. The minimum absolute atomic E-state index is 0.101. The first-order valence-corrected chi connectivity index (χ1v) is 9.15. The minimum Gasteiger partial charge on any atom is -0.343 e. The third-order valence-corrected chi connectivity index (χ3v) is 5.05. The summed E-state index contributed by atoms with van der Waals surface area (Å²) in [5, 5.41) is 2.84. The van der Waals surface area contributed by atoms with Crippen LogP contribution in [0.5, 0.6) is 0 Å². The predicted molar refractivity (Wildman–Crippen MR) is 101 cm³/mol. The van der Waals surface area contributed by atoms with Crippen LogP contribution in [0.2, 0.25) is 0 Å². The van der Waals surface area contributed by atoms with E-state index in [0.717, 1.165) is 37.0 Å². The van der Waals surface area contributed by atoms with Gasteiger partial charge in [-0.2, -0.15) is 0 Å². The maximum absolute atomic E-state index is 12.8. The lowest BCUT2D eigenvalue weighted by atomic mass is 9.99. The number of aromatic nitrogens is 2. The van der Waals surface area contributed by atoms with Crippen LogP contribution >= 0.6 is 0 Å². The molecule has 6 nitrogen and oxygen atoms in total. The van der Waals surface area contributed by atoms with Gasteiger partial charge in [0.2, 0.25) is 11.8 Å². The van der Waals surface area contributed by atoms with Crippen molar-refractivity contribution >= 4 is 22.8 Å². The molecule has 1 aromatic carbocycles. The molecule has 1 aromatic heterocycles. The molecular formula is C20H26N4O2. The smallest absolute Gasteiger partial charge is 0.243 e. The van der Waals surface area contributed by atoms with Crippen molar-refractivity contribution in [2.24, 2.45) is 5.92 Å². The summed E-state index contributed by atoms with van der Waals surface area (Å²) in [6.45, 7) is 9.44. The predicted octanol–water partition coefficient (Wildman–Crippen LogP) is 2.66. The van der Waals surface area contributed by atoms with Gasteiger partial charge in [0.25, 0.3) is 0 Å². The van der Waals surface area contributed by atoms with Gasteiger partial charge in [-0.15, -0.1) is 0 Å². The standard InChI is InChI=1S/C20H26N4O2/c1-4-18(25)21-15(3)20-22-16-7-5-6-8-17(16)24(20)13-19(26)23-11-9-14(2)10-12-23/h4-8,14-15H,1,9-13H2,2-3H3,(H,21,25). The Hall–Kier alpha value is -2.63. The number of benzene rings is 1. The molecule has 0 aliphatic carbocycles. The topological polar surface area (TPSA) is 67.2 Å². The van der Waals surface area contributed by atoms with Crippen molar-refractivity contribution in [3.05, 3.63) is 42.7 Å². The van der Waals surface area contributed by atoms with Crippen molar-refractivity contribution in [1.82, 2.24) is 19.8 Å². The van der Waals surface area contributed by atoms with Crippen molar-refractivity contribution in [2.75, 3.05) is 13.1 Å². The molecule has 0 saturated carbocycles. The number of carbonyl (C=O) groups excluding carboxylic acids is 2. The molecule has 1 fully saturated rings. The van der Waals surface area contributed by atoms with Crippen LogP contribution in [-0.4, -0.2) is 39.4 Å². The second kappa shape index (κ2) is 7.72. The number of rotatable bonds is 5. The maximum Gasteiger partial charge on any atom is 0.243 e. The number of amides is 2. The summed E-state index contributed by atoms with van der Waals surface area (Å²) >= 11 is 0. The molecule has 138 valence electrons. The van der Waals surface area contributed by atoms with Gasteiger partial charge in [0.1, 0.15) is 12.4 Å². The van der Waals surface area contributed by atoms with Gasteiger partial charge in [-0.25, -0.2) is 4.98 Å². The van der Waals surface area contributed by atoms with Gasteiger partial charge in [-0.1, -0.05) is 25.6 Å². The van der Waals surface area contributed by atoms with E-state index in [0.29, 0.717) is 11.7 Å².